The number of benzene rings is 3. The average Bonchev–Trinajstić information content (AvgIpc) is 2.97. The fourth-order valence-corrected chi connectivity index (χ4v) is 3.99. The van der Waals surface area contributed by atoms with Crippen LogP contribution in [0.15, 0.2) is 65.6 Å². The monoisotopic (exact) mass is 393 g/mol. The number of methoxy groups -OCH3 is 1. The maximum atomic E-state index is 13.9. The van der Waals surface area contributed by atoms with Crippen LogP contribution in [0.3, 0.4) is 0 Å². The Morgan fingerprint density at radius 3 is 2.57 bits per heavy atom. The highest BCUT2D eigenvalue weighted by molar-refractivity contribution is 8.18. The van der Waals surface area contributed by atoms with E-state index in [0.717, 1.165) is 33.0 Å². The van der Waals surface area contributed by atoms with Crippen LogP contribution in [0.4, 0.5) is 9.18 Å². The Morgan fingerprint density at radius 1 is 1.04 bits per heavy atom. The average molecular weight is 393 g/mol. The molecule has 0 aromatic heterocycles. The maximum absolute atomic E-state index is 13.9. The molecule has 1 fully saturated rings. The van der Waals surface area contributed by atoms with E-state index in [2.05, 4.69) is 0 Å². The largest absolute Gasteiger partial charge is 0.496 e. The van der Waals surface area contributed by atoms with E-state index >= 15 is 0 Å². The molecule has 0 unspecified atom stereocenters. The van der Waals surface area contributed by atoms with Crippen LogP contribution in [0.25, 0.3) is 16.8 Å². The van der Waals surface area contributed by atoms with Crippen molar-refractivity contribution in [3.05, 3.63) is 82.5 Å². The number of hydrogen-bond donors (Lipinski definition) is 0. The van der Waals surface area contributed by atoms with Gasteiger partial charge in [-0.15, -0.1) is 0 Å². The molecule has 0 aliphatic carbocycles. The molecule has 0 saturated carbocycles. The summed E-state index contributed by atoms with van der Waals surface area (Å²) in [5, 5.41) is 1.50. The van der Waals surface area contributed by atoms with Crippen molar-refractivity contribution in [3.63, 3.8) is 0 Å². The Labute approximate surface area is 165 Å². The van der Waals surface area contributed by atoms with Crippen LogP contribution in [-0.4, -0.2) is 23.2 Å². The highest BCUT2D eigenvalue weighted by atomic mass is 32.2. The third-order valence-electron chi connectivity index (χ3n) is 4.59. The summed E-state index contributed by atoms with van der Waals surface area (Å²) in [4.78, 5) is 26.6. The lowest BCUT2D eigenvalue weighted by Gasteiger charge is -2.13. The van der Waals surface area contributed by atoms with E-state index in [-0.39, 0.29) is 11.4 Å². The van der Waals surface area contributed by atoms with Gasteiger partial charge in [-0.2, -0.15) is 0 Å². The van der Waals surface area contributed by atoms with Crippen molar-refractivity contribution < 1.29 is 18.7 Å². The second-order valence-electron chi connectivity index (χ2n) is 6.26. The van der Waals surface area contributed by atoms with Gasteiger partial charge in [-0.1, -0.05) is 48.5 Å². The SMILES string of the molecule is COc1ccc2ccccc2c1/C=C1/SC(=O)N(Cc2ccccc2F)C1=O. The molecular formula is C22H16FNO3S. The first-order valence-corrected chi connectivity index (χ1v) is 9.44. The Hall–Kier alpha value is -3.12. The molecule has 4 nitrogen and oxygen atoms in total. The van der Waals surface area contributed by atoms with E-state index < -0.39 is 17.0 Å². The van der Waals surface area contributed by atoms with Crippen molar-refractivity contribution in [2.24, 2.45) is 0 Å². The number of thioether (sulfide) groups is 1. The number of rotatable bonds is 4. The Kier molecular flexibility index (Phi) is 4.88. The number of fused-ring (bicyclic) bond motifs is 1. The number of carbonyl (C=O) groups excluding carboxylic acids is 2. The quantitative estimate of drug-likeness (QED) is 0.570. The van der Waals surface area contributed by atoms with Gasteiger partial charge < -0.3 is 4.74 Å². The molecule has 0 bridgehead atoms. The first-order valence-electron chi connectivity index (χ1n) is 8.63. The molecule has 1 aliphatic rings. The molecule has 0 atom stereocenters. The summed E-state index contributed by atoms with van der Waals surface area (Å²) in [6.45, 7) is -0.0959. The van der Waals surface area contributed by atoms with E-state index in [1.807, 2.05) is 36.4 Å². The predicted molar refractivity (Wildman–Crippen MR) is 108 cm³/mol. The minimum absolute atomic E-state index is 0.0959. The van der Waals surface area contributed by atoms with Crippen molar-refractivity contribution in [2.75, 3.05) is 7.11 Å². The van der Waals surface area contributed by atoms with E-state index in [9.17, 15) is 14.0 Å². The van der Waals surface area contributed by atoms with Gasteiger partial charge in [0.2, 0.25) is 0 Å². The van der Waals surface area contributed by atoms with Crippen LogP contribution in [0, 0.1) is 5.82 Å². The standard InChI is InChI=1S/C22H16FNO3S/c1-27-19-11-10-14-6-2-4-8-16(14)17(19)12-20-21(25)24(22(26)28-20)13-15-7-3-5-9-18(15)23/h2-12H,13H2,1H3/b20-12+. The van der Waals surface area contributed by atoms with E-state index in [4.69, 9.17) is 4.74 Å². The predicted octanol–water partition coefficient (Wildman–Crippen LogP) is 5.22. The molecule has 28 heavy (non-hydrogen) atoms. The van der Waals surface area contributed by atoms with Gasteiger partial charge in [0.15, 0.2) is 0 Å². The number of ether oxygens (including phenoxy) is 1. The lowest BCUT2D eigenvalue weighted by Crippen LogP contribution is -2.27. The minimum Gasteiger partial charge on any atom is -0.496 e. The van der Waals surface area contributed by atoms with Gasteiger partial charge in [0, 0.05) is 11.1 Å². The Bertz CT molecular complexity index is 1130. The minimum atomic E-state index is -0.443. The number of imide groups is 1. The third-order valence-corrected chi connectivity index (χ3v) is 5.49. The summed E-state index contributed by atoms with van der Waals surface area (Å²) < 4.78 is 19.4. The number of nitrogens with zero attached hydrogens (tertiary/aromatic N) is 1. The van der Waals surface area contributed by atoms with Crippen LogP contribution in [0.2, 0.25) is 0 Å². The molecular weight excluding hydrogens is 377 g/mol. The lowest BCUT2D eigenvalue weighted by molar-refractivity contribution is -0.123. The van der Waals surface area contributed by atoms with Crippen molar-refractivity contribution >= 4 is 39.8 Å². The number of hydrogen-bond acceptors (Lipinski definition) is 4. The third kappa shape index (κ3) is 3.27. The molecule has 3 aromatic rings. The highest BCUT2D eigenvalue weighted by Gasteiger charge is 2.35. The Balaban J connectivity index is 1.72. The number of amides is 2. The van der Waals surface area contributed by atoms with Gasteiger partial charge in [-0.05, 0) is 40.7 Å². The fourth-order valence-electron chi connectivity index (χ4n) is 3.17. The fraction of sp³-hybridized carbons (Fsp3) is 0.0909. The number of carbonyl (C=O) groups is 2. The normalized spacial score (nSPS) is 15.6. The smallest absolute Gasteiger partial charge is 0.293 e. The van der Waals surface area contributed by atoms with Crippen LogP contribution >= 0.6 is 11.8 Å². The molecule has 0 N–H and O–H groups in total. The van der Waals surface area contributed by atoms with Gasteiger partial charge in [0.25, 0.3) is 11.1 Å². The summed E-state index contributed by atoms with van der Waals surface area (Å²) in [5.74, 6) is -0.269. The summed E-state index contributed by atoms with van der Waals surface area (Å²) >= 11 is 0.850. The van der Waals surface area contributed by atoms with Crippen molar-refractivity contribution in [1.29, 1.82) is 0 Å². The summed E-state index contributed by atoms with van der Waals surface area (Å²) in [7, 11) is 1.56. The molecule has 2 amide bonds. The van der Waals surface area contributed by atoms with Crippen molar-refractivity contribution in [1.82, 2.24) is 4.90 Å². The lowest BCUT2D eigenvalue weighted by atomic mass is 10.0. The highest BCUT2D eigenvalue weighted by Crippen LogP contribution is 2.37. The summed E-state index contributed by atoms with van der Waals surface area (Å²) in [5.41, 5.74) is 1.03. The zero-order chi connectivity index (χ0) is 19.7. The topological polar surface area (TPSA) is 46.6 Å². The molecule has 1 heterocycles. The van der Waals surface area contributed by atoms with Crippen LogP contribution in [0.1, 0.15) is 11.1 Å². The van der Waals surface area contributed by atoms with Crippen molar-refractivity contribution in [2.45, 2.75) is 6.54 Å². The van der Waals surface area contributed by atoms with Crippen LogP contribution in [0.5, 0.6) is 5.75 Å². The van der Waals surface area contributed by atoms with Gasteiger partial charge in [0.05, 0.1) is 18.6 Å². The Morgan fingerprint density at radius 2 is 1.79 bits per heavy atom. The van der Waals surface area contributed by atoms with E-state index in [0.29, 0.717) is 11.3 Å². The molecule has 3 aromatic carbocycles. The summed E-state index contributed by atoms with van der Waals surface area (Å²) in [6, 6.07) is 17.6. The van der Waals surface area contributed by atoms with Gasteiger partial charge in [-0.3, -0.25) is 14.5 Å². The zero-order valence-corrected chi connectivity index (χ0v) is 15.8. The van der Waals surface area contributed by atoms with Gasteiger partial charge in [0.1, 0.15) is 11.6 Å². The van der Waals surface area contributed by atoms with Crippen LogP contribution in [-0.2, 0) is 11.3 Å². The van der Waals surface area contributed by atoms with E-state index in [1.165, 1.54) is 6.07 Å². The summed E-state index contributed by atoms with van der Waals surface area (Å²) in [6.07, 6.45) is 1.67. The zero-order valence-electron chi connectivity index (χ0n) is 15.0. The van der Waals surface area contributed by atoms with E-state index in [1.54, 1.807) is 31.4 Å². The van der Waals surface area contributed by atoms with Gasteiger partial charge >= 0.3 is 0 Å². The second kappa shape index (κ2) is 7.48. The van der Waals surface area contributed by atoms with Crippen LogP contribution < -0.4 is 4.74 Å². The second-order valence-corrected chi connectivity index (χ2v) is 7.26. The maximum Gasteiger partial charge on any atom is 0.293 e. The first-order chi connectivity index (χ1) is 13.6. The first kappa shape index (κ1) is 18.3. The molecule has 140 valence electrons. The molecule has 1 aliphatic heterocycles. The molecule has 6 heteroatoms. The number of halogens is 1. The molecule has 4 rings (SSSR count). The molecule has 1 saturated heterocycles. The molecule has 0 radical (unpaired) electrons. The van der Waals surface area contributed by atoms with Gasteiger partial charge in [-0.25, -0.2) is 4.39 Å². The van der Waals surface area contributed by atoms with Crippen molar-refractivity contribution in [3.8, 4) is 5.75 Å². The molecule has 0 spiro atoms.